The minimum atomic E-state index is 0.314. The summed E-state index contributed by atoms with van der Waals surface area (Å²) >= 11 is 1.24. The highest BCUT2D eigenvalue weighted by molar-refractivity contribution is 7.10. The highest BCUT2D eigenvalue weighted by atomic mass is 32.1. The number of anilines is 2. The van der Waals surface area contributed by atoms with Gasteiger partial charge in [-0.3, -0.25) is 0 Å². The molecule has 0 aliphatic carbocycles. The average molecular weight is 240 g/mol. The van der Waals surface area contributed by atoms with Gasteiger partial charge in [0.2, 0.25) is 0 Å². The predicted octanol–water partition coefficient (Wildman–Crippen LogP) is 1.83. The van der Waals surface area contributed by atoms with Crippen LogP contribution in [-0.4, -0.2) is 24.6 Å². The molecule has 6 heteroatoms. The van der Waals surface area contributed by atoms with E-state index in [1.165, 1.54) is 11.5 Å². The second-order valence-electron chi connectivity index (χ2n) is 3.36. The van der Waals surface area contributed by atoms with Crippen molar-refractivity contribution in [2.45, 2.75) is 19.3 Å². The summed E-state index contributed by atoms with van der Waals surface area (Å²) in [7, 11) is 1.71. The molecular formula is C10H16N4OS. The molecule has 0 aromatic carbocycles. The molecule has 5 nitrogen and oxygen atoms in total. The smallest absolute Gasteiger partial charge is 0.157 e. The van der Waals surface area contributed by atoms with Gasteiger partial charge in [-0.2, -0.15) is 9.64 Å². The molecule has 1 heterocycles. The minimum Gasteiger partial charge on any atom is -0.385 e. The molecule has 0 aliphatic heterocycles. The highest BCUT2D eigenvalue weighted by Crippen LogP contribution is 2.25. The van der Waals surface area contributed by atoms with Gasteiger partial charge in [0.05, 0.1) is 0 Å². The average Bonchev–Trinajstić information content (AvgIpc) is 2.64. The van der Waals surface area contributed by atoms with Crippen molar-refractivity contribution in [3.8, 4) is 6.07 Å². The Hall–Kier alpha value is -1.32. The molecule has 0 unspecified atom stereocenters. The molecule has 3 N–H and O–H groups in total. The lowest BCUT2D eigenvalue weighted by Crippen LogP contribution is -2.02. The number of hydrogen-bond acceptors (Lipinski definition) is 6. The van der Waals surface area contributed by atoms with Crippen molar-refractivity contribution in [2.24, 2.45) is 0 Å². The Morgan fingerprint density at radius 1 is 1.50 bits per heavy atom. The quantitative estimate of drug-likeness (QED) is 0.710. The number of nitrogens with two attached hydrogens (primary N) is 1. The first-order chi connectivity index (χ1) is 7.79. The predicted molar refractivity (Wildman–Crippen MR) is 65.5 cm³/mol. The zero-order valence-electron chi connectivity index (χ0n) is 9.32. The molecule has 0 radical (unpaired) electrons. The van der Waals surface area contributed by atoms with Crippen molar-refractivity contribution in [1.82, 2.24) is 4.37 Å². The fraction of sp³-hybridized carbons (Fsp3) is 0.600. The Morgan fingerprint density at radius 3 is 3.00 bits per heavy atom. The number of nitrogens with one attached hydrogen (secondary N) is 1. The first kappa shape index (κ1) is 12.7. The topological polar surface area (TPSA) is 84.0 Å². The van der Waals surface area contributed by atoms with Crippen LogP contribution in [0.15, 0.2) is 0 Å². The first-order valence-electron chi connectivity index (χ1n) is 5.17. The molecule has 0 amide bonds. The van der Waals surface area contributed by atoms with Gasteiger partial charge >= 0.3 is 0 Å². The van der Waals surface area contributed by atoms with Crippen LogP contribution in [0, 0.1) is 11.3 Å². The summed E-state index contributed by atoms with van der Waals surface area (Å²) < 4.78 is 8.89. The van der Waals surface area contributed by atoms with Gasteiger partial charge in [-0.05, 0) is 30.8 Å². The van der Waals surface area contributed by atoms with Crippen LogP contribution in [0.4, 0.5) is 10.8 Å². The van der Waals surface area contributed by atoms with Gasteiger partial charge in [0.25, 0.3) is 0 Å². The van der Waals surface area contributed by atoms with E-state index in [4.69, 9.17) is 15.7 Å². The van der Waals surface area contributed by atoms with Crippen LogP contribution in [0.2, 0.25) is 0 Å². The zero-order valence-corrected chi connectivity index (χ0v) is 10.1. The third kappa shape index (κ3) is 3.68. The van der Waals surface area contributed by atoms with Gasteiger partial charge in [0.15, 0.2) is 5.82 Å². The fourth-order valence-electron chi connectivity index (χ4n) is 1.28. The molecule has 0 bridgehead atoms. The Morgan fingerprint density at radius 2 is 2.31 bits per heavy atom. The van der Waals surface area contributed by atoms with Crippen molar-refractivity contribution in [1.29, 1.82) is 5.26 Å². The maximum Gasteiger partial charge on any atom is 0.157 e. The monoisotopic (exact) mass is 240 g/mol. The molecule has 1 aromatic heterocycles. The van der Waals surface area contributed by atoms with Crippen molar-refractivity contribution in [3.63, 3.8) is 0 Å². The van der Waals surface area contributed by atoms with Crippen LogP contribution in [-0.2, 0) is 4.74 Å². The van der Waals surface area contributed by atoms with Crippen molar-refractivity contribution in [2.75, 3.05) is 31.3 Å². The van der Waals surface area contributed by atoms with Crippen molar-refractivity contribution in [3.05, 3.63) is 5.56 Å². The number of aromatic nitrogens is 1. The molecule has 1 rings (SSSR count). The van der Waals surface area contributed by atoms with Crippen LogP contribution in [0.25, 0.3) is 0 Å². The third-order valence-electron chi connectivity index (χ3n) is 2.14. The molecule has 88 valence electrons. The normalized spacial score (nSPS) is 10.0. The summed E-state index contributed by atoms with van der Waals surface area (Å²) in [5, 5.41) is 12.8. The molecule has 16 heavy (non-hydrogen) atoms. The second kappa shape index (κ2) is 7.04. The molecule has 0 saturated carbocycles. The Balaban J connectivity index is 2.25. The summed E-state index contributed by atoms with van der Waals surface area (Å²) in [4.78, 5) is 0. The Labute approximate surface area is 99.4 Å². The number of unbranched alkanes of at least 4 members (excludes halogenated alkanes) is 2. The summed E-state index contributed by atoms with van der Waals surface area (Å²) in [5.74, 6) is 0.314. The number of hydrogen-bond donors (Lipinski definition) is 2. The number of nitriles is 1. The van der Waals surface area contributed by atoms with E-state index >= 15 is 0 Å². The van der Waals surface area contributed by atoms with Gasteiger partial charge in [0, 0.05) is 20.3 Å². The van der Waals surface area contributed by atoms with E-state index in [1.807, 2.05) is 6.07 Å². The largest absolute Gasteiger partial charge is 0.385 e. The molecule has 0 spiro atoms. The Kier molecular flexibility index (Phi) is 5.61. The van der Waals surface area contributed by atoms with Gasteiger partial charge in [-0.1, -0.05) is 0 Å². The molecule has 1 aromatic rings. The van der Waals surface area contributed by atoms with Crippen LogP contribution < -0.4 is 11.1 Å². The van der Waals surface area contributed by atoms with E-state index in [2.05, 4.69) is 9.69 Å². The Bertz CT molecular complexity index is 358. The number of methoxy groups -OCH3 is 1. The lowest BCUT2D eigenvalue weighted by atomic mass is 10.2. The molecule has 0 fully saturated rings. The molecule has 0 saturated heterocycles. The van der Waals surface area contributed by atoms with Crippen LogP contribution in [0.1, 0.15) is 24.8 Å². The first-order valence-corrected chi connectivity index (χ1v) is 5.95. The van der Waals surface area contributed by atoms with Crippen LogP contribution in [0.3, 0.4) is 0 Å². The van der Waals surface area contributed by atoms with Crippen molar-refractivity contribution >= 4 is 22.4 Å². The highest BCUT2D eigenvalue weighted by Gasteiger charge is 2.09. The molecule has 0 aliphatic rings. The SMILES string of the molecule is COCCCCCNc1snc(N)c1C#N. The van der Waals surface area contributed by atoms with Crippen LogP contribution in [0.5, 0.6) is 0 Å². The minimum absolute atomic E-state index is 0.314. The van der Waals surface area contributed by atoms with E-state index in [0.29, 0.717) is 11.4 Å². The second-order valence-corrected chi connectivity index (χ2v) is 4.14. The summed E-state index contributed by atoms with van der Waals surface area (Å²) in [6, 6.07) is 2.05. The maximum absolute atomic E-state index is 8.84. The van der Waals surface area contributed by atoms with Gasteiger partial charge < -0.3 is 15.8 Å². The van der Waals surface area contributed by atoms with Crippen LogP contribution >= 0.6 is 11.5 Å². The summed E-state index contributed by atoms with van der Waals surface area (Å²) in [5.41, 5.74) is 6.00. The summed E-state index contributed by atoms with van der Waals surface area (Å²) in [6.45, 7) is 1.64. The lowest BCUT2D eigenvalue weighted by Gasteiger charge is -2.03. The number of ether oxygens (including phenoxy) is 1. The standard InChI is InChI=1S/C10H16N4OS/c1-15-6-4-2-3-5-13-10-8(7-11)9(12)14-16-10/h13H,2-6H2,1H3,(H2,12,14). The number of rotatable bonds is 7. The van der Waals surface area contributed by atoms with E-state index in [-0.39, 0.29) is 0 Å². The number of nitrogen functional groups attached to an aromatic ring is 1. The molecular weight excluding hydrogens is 224 g/mol. The molecule has 0 atom stereocenters. The van der Waals surface area contributed by atoms with Gasteiger partial charge in [-0.15, -0.1) is 0 Å². The van der Waals surface area contributed by atoms with E-state index in [9.17, 15) is 0 Å². The number of nitrogens with zero attached hydrogens (tertiary/aromatic N) is 2. The maximum atomic E-state index is 8.84. The summed E-state index contributed by atoms with van der Waals surface area (Å²) in [6.07, 6.45) is 3.22. The third-order valence-corrected chi connectivity index (χ3v) is 2.96. The zero-order chi connectivity index (χ0) is 11.8. The van der Waals surface area contributed by atoms with E-state index < -0.39 is 0 Å². The van der Waals surface area contributed by atoms with Gasteiger partial charge in [-0.25, -0.2) is 0 Å². The van der Waals surface area contributed by atoms with E-state index in [1.54, 1.807) is 7.11 Å². The van der Waals surface area contributed by atoms with Crippen molar-refractivity contribution < 1.29 is 4.74 Å². The van der Waals surface area contributed by atoms with Gasteiger partial charge in [0.1, 0.15) is 16.6 Å². The fourth-order valence-corrected chi connectivity index (χ4v) is 1.97. The van der Waals surface area contributed by atoms with E-state index in [0.717, 1.165) is 37.4 Å². The lowest BCUT2D eigenvalue weighted by molar-refractivity contribution is 0.192.